The molecule has 0 N–H and O–H groups in total. The van der Waals surface area contributed by atoms with Gasteiger partial charge in [-0.1, -0.05) is 12.5 Å². The Kier molecular flexibility index (Phi) is 3.95. The maximum absolute atomic E-state index is 13.6. The molecule has 2 heterocycles. The van der Waals surface area contributed by atoms with E-state index in [1.807, 2.05) is 0 Å². The van der Waals surface area contributed by atoms with Crippen LogP contribution in [0.3, 0.4) is 0 Å². The van der Waals surface area contributed by atoms with Gasteiger partial charge in [0.25, 0.3) is 0 Å². The van der Waals surface area contributed by atoms with Crippen LogP contribution in [0.25, 0.3) is 0 Å². The second-order valence-electron chi connectivity index (χ2n) is 9.85. The van der Waals surface area contributed by atoms with E-state index < -0.39 is 11.6 Å². The number of allylic oxidation sites excluding steroid dienone is 1. The maximum atomic E-state index is 13.6. The Labute approximate surface area is 167 Å². The maximum Gasteiger partial charge on any atom is 0.188 e. The second kappa shape index (κ2) is 6.13. The third kappa shape index (κ3) is 2.19. The summed E-state index contributed by atoms with van der Waals surface area (Å²) in [5, 5.41) is 0. The van der Waals surface area contributed by atoms with E-state index in [0.29, 0.717) is 56.4 Å². The number of rotatable bonds is 1. The first-order valence-electron chi connectivity index (χ1n) is 11.4. The molecule has 0 aromatic rings. The Morgan fingerprint density at radius 2 is 1.75 bits per heavy atom. The molecule has 154 valence electrons. The standard InChI is InChI=1S/C23H32O5/c1-2-21-14-19(24)20-16-5-7-22(25-9-10-26-22)13-15(16)3-4-17(20)18(21)6-8-23(21)27-11-12-28-23/h13,16-18,20H,2-12,14H2,1H3/t16?,17?,18?,20?,21-/m0/s1. The van der Waals surface area contributed by atoms with E-state index in [9.17, 15) is 4.79 Å². The zero-order valence-corrected chi connectivity index (χ0v) is 16.9. The van der Waals surface area contributed by atoms with E-state index in [4.69, 9.17) is 18.9 Å². The molecule has 0 aromatic carbocycles. The first-order valence-corrected chi connectivity index (χ1v) is 11.4. The summed E-state index contributed by atoms with van der Waals surface area (Å²) in [6, 6.07) is 0. The van der Waals surface area contributed by atoms with Crippen LogP contribution in [0.4, 0.5) is 0 Å². The fourth-order valence-electron chi connectivity index (χ4n) is 8.11. The fourth-order valence-corrected chi connectivity index (χ4v) is 8.11. The molecule has 5 nitrogen and oxygen atoms in total. The average molecular weight is 389 g/mol. The van der Waals surface area contributed by atoms with Crippen molar-refractivity contribution in [3.05, 3.63) is 11.6 Å². The number of ether oxygens (including phenoxy) is 4. The molecule has 2 saturated heterocycles. The van der Waals surface area contributed by atoms with Crippen LogP contribution in [-0.4, -0.2) is 43.8 Å². The number of fused-ring (bicyclic) bond motifs is 6. The van der Waals surface area contributed by atoms with Gasteiger partial charge in [0.1, 0.15) is 5.78 Å². The van der Waals surface area contributed by atoms with Crippen LogP contribution in [0, 0.1) is 29.1 Å². The van der Waals surface area contributed by atoms with Gasteiger partial charge in [-0.15, -0.1) is 0 Å². The van der Waals surface area contributed by atoms with Crippen molar-refractivity contribution < 1.29 is 23.7 Å². The highest BCUT2D eigenvalue weighted by Crippen LogP contribution is 2.67. The van der Waals surface area contributed by atoms with E-state index in [1.54, 1.807) is 0 Å². The van der Waals surface area contributed by atoms with Crippen molar-refractivity contribution in [3.63, 3.8) is 0 Å². The highest BCUT2D eigenvalue weighted by Gasteiger charge is 2.69. The average Bonchev–Trinajstić information content (AvgIpc) is 3.43. The van der Waals surface area contributed by atoms with Gasteiger partial charge in [-0.3, -0.25) is 4.79 Å². The lowest BCUT2D eigenvalue weighted by Gasteiger charge is -2.55. The van der Waals surface area contributed by atoms with Crippen LogP contribution in [0.2, 0.25) is 0 Å². The van der Waals surface area contributed by atoms with Gasteiger partial charge < -0.3 is 18.9 Å². The molecule has 0 bridgehead atoms. The van der Waals surface area contributed by atoms with Gasteiger partial charge in [-0.25, -0.2) is 0 Å². The minimum atomic E-state index is -0.495. The SMILES string of the molecule is CC[C@]12CC(=O)C3C4CCC5(C=C4CCC3C1CCC21OCCO1)OCCO5. The van der Waals surface area contributed by atoms with Gasteiger partial charge in [-0.05, 0) is 55.9 Å². The lowest BCUT2D eigenvalue weighted by molar-refractivity contribution is -0.245. The van der Waals surface area contributed by atoms with Gasteiger partial charge in [-0.2, -0.15) is 0 Å². The van der Waals surface area contributed by atoms with Crippen LogP contribution < -0.4 is 0 Å². The summed E-state index contributed by atoms with van der Waals surface area (Å²) in [4.78, 5) is 13.6. The Morgan fingerprint density at radius 3 is 2.50 bits per heavy atom. The van der Waals surface area contributed by atoms with Gasteiger partial charge >= 0.3 is 0 Å². The predicted octanol–water partition coefficient (Wildman–Crippen LogP) is 3.61. The predicted molar refractivity (Wildman–Crippen MR) is 101 cm³/mol. The number of carbonyl (C=O) groups excluding carboxylic acids is 1. The molecule has 6 aliphatic rings. The smallest absolute Gasteiger partial charge is 0.188 e. The van der Waals surface area contributed by atoms with E-state index in [2.05, 4.69) is 13.0 Å². The van der Waals surface area contributed by atoms with Crippen LogP contribution >= 0.6 is 0 Å². The van der Waals surface area contributed by atoms with Gasteiger partial charge in [0.15, 0.2) is 11.6 Å². The Hall–Kier alpha value is -0.750. The summed E-state index contributed by atoms with van der Waals surface area (Å²) in [5.74, 6) is 1.08. The molecular formula is C23H32O5. The summed E-state index contributed by atoms with van der Waals surface area (Å²) >= 11 is 0. The minimum Gasteiger partial charge on any atom is -0.347 e. The molecule has 5 fully saturated rings. The zero-order chi connectivity index (χ0) is 19.0. The largest absolute Gasteiger partial charge is 0.347 e. The molecule has 0 amide bonds. The van der Waals surface area contributed by atoms with Crippen LogP contribution in [0.1, 0.15) is 58.3 Å². The van der Waals surface area contributed by atoms with Gasteiger partial charge in [0, 0.05) is 30.6 Å². The summed E-state index contributed by atoms with van der Waals surface area (Å²) in [5.41, 5.74) is 1.31. The van der Waals surface area contributed by atoms with E-state index in [1.165, 1.54) is 5.57 Å². The lowest BCUT2D eigenvalue weighted by atomic mass is 9.50. The topological polar surface area (TPSA) is 54.0 Å². The fraction of sp³-hybridized carbons (Fsp3) is 0.870. The van der Waals surface area contributed by atoms with E-state index in [-0.39, 0.29) is 11.3 Å². The van der Waals surface area contributed by atoms with Crippen molar-refractivity contribution in [2.24, 2.45) is 29.1 Å². The molecule has 6 rings (SSSR count). The summed E-state index contributed by atoms with van der Waals surface area (Å²) in [7, 11) is 0. The highest BCUT2D eigenvalue weighted by atomic mass is 16.7. The Bertz CT molecular complexity index is 702. The number of hydrogen-bond acceptors (Lipinski definition) is 5. The first kappa shape index (κ1) is 18.1. The number of carbonyl (C=O) groups is 1. The monoisotopic (exact) mass is 388 g/mol. The van der Waals surface area contributed by atoms with Crippen LogP contribution in [-0.2, 0) is 23.7 Å². The number of hydrogen-bond donors (Lipinski definition) is 0. The molecule has 2 spiro atoms. The zero-order valence-electron chi connectivity index (χ0n) is 16.9. The normalized spacial score (nSPS) is 45.8. The second-order valence-corrected chi connectivity index (χ2v) is 9.85. The van der Waals surface area contributed by atoms with Crippen molar-refractivity contribution in [2.45, 2.75) is 69.9 Å². The molecule has 0 aromatic heterocycles. The number of ketones is 1. The van der Waals surface area contributed by atoms with Gasteiger partial charge in [0.05, 0.1) is 26.4 Å². The molecule has 2 aliphatic heterocycles. The summed E-state index contributed by atoms with van der Waals surface area (Å²) < 4.78 is 24.4. The van der Waals surface area contributed by atoms with Gasteiger partial charge in [0.2, 0.25) is 0 Å². The molecule has 28 heavy (non-hydrogen) atoms. The quantitative estimate of drug-likeness (QED) is 0.642. The Balaban J connectivity index is 1.34. The minimum absolute atomic E-state index is 0.115. The highest BCUT2D eigenvalue weighted by molar-refractivity contribution is 5.84. The molecule has 3 saturated carbocycles. The third-order valence-electron chi connectivity index (χ3n) is 9.14. The van der Waals surface area contributed by atoms with E-state index >= 15 is 0 Å². The third-order valence-corrected chi connectivity index (χ3v) is 9.14. The molecule has 0 radical (unpaired) electrons. The van der Waals surface area contributed by atoms with Crippen LogP contribution in [0.15, 0.2) is 11.6 Å². The molecule has 5 heteroatoms. The van der Waals surface area contributed by atoms with Crippen molar-refractivity contribution in [2.75, 3.05) is 26.4 Å². The van der Waals surface area contributed by atoms with Crippen molar-refractivity contribution >= 4 is 5.78 Å². The lowest BCUT2D eigenvalue weighted by Crippen LogP contribution is -2.58. The first-order chi connectivity index (χ1) is 13.6. The summed E-state index contributed by atoms with van der Waals surface area (Å²) in [6.07, 6.45) is 10.1. The number of Topliss-reactive ketones (excluding diaryl/α,β-unsaturated/α-hetero) is 1. The Morgan fingerprint density at radius 1 is 1.00 bits per heavy atom. The molecule has 4 aliphatic carbocycles. The van der Waals surface area contributed by atoms with Crippen molar-refractivity contribution in [1.29, 1.82) is 0 Å². The van der Waals surface area contributed by atoms with Crippen molar-refractivity contribution in [3.8, 4) is 0 Å². The molecule has 5 atom stereocenters. The van der Waals surface area contributed by atoms with E-state index in [0.717, 1.165) is 44.9 Å². The molecule has 4 unspecified atom stereocenters. The molecular weight excluding hydrogens is 356 g/mol. The van der Waals surface area contributed by atoms with Crippen LogP contribution in [0.5, 0.6) is 0 Å². The summed E-state index contributed by atoms with van der Waals surface area (Å²) in [6.45, 7) is 4.96. The van der Waals surface area contributed by atoms with Crippen molar-refractivity contribution in [1.82, 2.24) is 0 Å².